The molecule has 4 N–H and O–H groups in total. The van der Waals surface area contributed by atoms with Crippen LogP contribution in [0.5, 0.6) is 5.75 Å². The third-order valence-corrected chi connectivity index (χ3v) is 8.88. The van der Waals surface area contributed by atoms with Crippen LogP contribution in [0.15, 0.2) is 59.6 Å². The molecule has 0 bridgehead atoms. The van der Waals surface area contributed by atoms with Crippen LogP contribution in [0, 0.1) is 0 Å². The smallest absolute Gasteiger partial charge is 0.245 e. The van der Waals surface area contributed by atoms with E-state index in [1.807, 2.05) is 30.3 Å². The molecule has 0 saturated heterocycles. The third-order valence-electron chi connectivity index (χ3n) is 8.88. The number of phenolic OH excluding ortho intramolecular Hbond substituents is 1. The van der Waals surface area contributed by atoms with Crippen molar-refractivity contribution in [3.05, 3.63) is 65.7 Å². The van der Waals surface area contributed by atoms with Gasteiger partial charge in [0.05, 0.1) is 0 Å². The van der Waals surface area contributed by atoms with E-state index in [0.717, 1.165) is 37.7 Å². The van der Waals surface area contributed by atoms with Crippen LogP contribution in [-0.2, 0) is 20.8 Å². The minimum absolute atomic E-state index is 0.0707. The molecule has 0 spiro atoms. The van der Waals surface area contributed by atoms with E-state index >= 15 is 0 Å². The summed E-state index contributed by atoms with van der Waals surface area (Å²) in [7, 11) is 0. The second kappa shape index (κ2) is 27.2. The minimum atomic E-state index is -0.867. The lowest BCUT2D eigenvalue weighted by atomic mass is 10.0. The minimum Gasteiger partial charge on any atom is -0.507 e. The van der Waals surface area contributed by atoms with Gasteiger partial charge in [0, 0.05) is 37.7 Å². The summed E-state index contributed by atoms with van der Waals surface area (Å²) < 4.78 is 0. The lowest BCUT2D eigenvalue weighted by molar-refractivity contribution is -0.130. The number of amides is 3. The Hall–Kier alpha value is -3.68. The molecule has 272 valence electrons. The number of para-hydroxylation sites is 1. The molecule has 0 heterocycles. The number of aliphatic imine (C=N–C) groups is 1. The first-order valence-electron chi connectivity index (χ1n) is 19.1. The van der Waals surface area contributed by atoms with E-state index in [0.29, 0.717) is 25.1 Å². The maximum atomic E-state index is 13.7. The maximum absolute atomic E-state index is 13.7. The van der Waals surface area contributed by atoms with Gasteiger partial charge in [0.1, 0.15) is 17.8 Å². The molecule has 2 aromatic rings. The van der Waals surface area contributed by atoms with Gasteiger partial charge in [-0.1, -0.05) is 146 Å². The topological polar surface area (TPSA) is 120 Å². The zero-order valence-corrected chi connectivity index (χ0v) is 30.4. The highest BCUT2D eigenvalue weighted by molar-refractivity contribution is 5.92. The monoisotopic (exact) mass is 676 g/mol. The van der Waals surface area contributed by atoms with Crippen molar-refractivity contribution in [3.8, 4) is 5.75 Å². The van der Waals surface area contributed by atoms with E-state index in [1.54, 1.807) is 24.3 Å². The first-order chi connectivity index (χ1) is 23.9. The quantitative estimate of drug-likeness (QED) is 0.0537. The summed E-state index contributed by atoms with van der Waals surface area (Å²) in [6.07, 6.45) is 21.1. The molecule has 0 fully saturated rings. The molecule has 0 unspecified atom stereocenters. The number of hydrogen-bond acceptors (Lipinski definition) is 5. The van der Waals surface area contributed by atoms with Gasteiger partial charge in [0.25, 0.3) is 0 Å². The fourth-order valence-corrected chi connectivity index (χ4v) is 5.80. The standard InChI is InChI=1S/C41H64N4O4/c1-3-5-7-9-11-13-15-22-30-42-39(47)29-28-36(40(48)43-31-23-16-14-12-10-8-6-4-2)45-41(49)37(32-34-24-18-17-19-25-34)44-33-35-26-20-21-27-38(35)46/h17-21,24-27,33,36-37,46H,3-16,22-23,28-32H2,1-2H3,(H,42,47)(H,43,48)(H,45,49)/t36-,37-/m0/s1. The van der Waals surface area contributed by atoms with Crippen LogP contribution in [0.25, 0.3) is 0 Å². The molecular weight excluding hydrogens is 612 g/mol. The van der Waals surface area contributed by atoms with Gasteiger partial charge in [-0.2, -0.15) is 0 Å². The van der Waals surface area contributed by atoms with Crippen LogP contribution in [0.2, 0.25) is 0 Å². The van der Waals surface area contributed by atoms with Crippen molar-refractivity contribution in [3.63, 3.8) is 0 Å². The highest BCUT2D eigenvalue weighted by Gasteiger charge is 2.26. The molecule has 0 aliphatic heterocycles. The highest BCUT2D eigenvalue weighted by atomic mass is 16.3. The maximum Gasteiger partial charge on any atom is 0.245 e. The first-order valence-corrected chi connectivity index (χ1v) is 19.1. The van der Waals surface area contributed by atoms with Crippen LogP contribution in [0.3, 0.4) is 0 Å². The number of phenols is 1. The number of rotatable bonds is 28. The lowest BCUT2D eigenvalue weighted by Crippen LogP contribution is -2.50. The van der Waals surface area contributed by atoms with Crippen LogP contribution in [-0.4, -0.2) is 54.2 Å². The van der Waals surface area contributed by atoms with Gasteiger partial charge in [-0.15, -0.1) is 0 Å². The third kappa shape index (κ3) is 19.8. The molecular formula is C41H64N4O4. The molecule has 2 atom stereocenters. The molecule has 2 aromatic carbocycles. The summed E-state index contributed by atoms with van der Waals surface area (Å²) in [5.41, 5.74) is 1.43. The van der Waals surface area contributed by atoms with Gasteiger partial charge in [-0.25, -0.2) is 0 Å². The van der Waals surface area contributed by atoms with E-state index in [-0.39, 0.29) is 30.4 Å². The zero-order valence-electron chi connectivity index (χ0n) is 30.4. The van der Waals surface area contributed by atoms with E-state index in [4.69, 9.17) is 0 Å². The molecule has 0 aliphatic rings. The van der Waals surface area contributed by atoms with Crippen molar-refractivity contribution in [1.82, 2.24) is 16.0 Å². The Balaban J connectivity index is 1.99. The van der Waals surface area contributed by atoms with Crippen LogP contribution in [0.4, 0.5) is 0 Å². The Kier molecular flexibility index (Phi) is 23.0. The number of aromatic hydroxyl groups is 1. The average molecular weight is 677 g/mol. The molecule has 3 amide bonds. The molecule has 8 nitrogen and oxygen atoms in total. The highest BCUT2D eigenvalue weighted by Crippen LogP contribution is 2.15. The Labute approximate surface area is 296 Å². The predicted molar refractivity (Wildman–Crippen MR) is 202 cm³/mol. The Morgan fingerprint density at radius 2 is 1.20 bits per heavy atom. The molecule has 0 saturated carbocycles. The van der Waals surface area contributed by atoms with Crippen molar-refractivity contribution in [2.75, 3.05) is 13.1 Å². The number of hydrogen-bond donors (Lipinski definition) is 4. The van der Waals surface area contributed by atoms with Gasteiger partial charge in [-0.05, 0) is 37.0 Å². The van der Waals surface area contributed by atoms with Crippen LogP contribution >= 0.6 is 0 Å². The lowest BCUT2D eigenvalue weighted by Gasteiger charge is -2.21. The second-order valence-corrected chi connectivity index (χ2v) is 13.2. The Bertz CT molecular complexity index is 1200. The van der Waals surface area contributed by atoms with Gasteiger partial charge in [0.2, 0.25) is 17.7 Å². The zero-order chi connectivity index (χ0) is 35.4. The van der Waals surface area contributed by atoms with Crippen LogP contribution in [0.1, 0.15) is 141 Å². The Morgan fingerprint density at radius 3 is 1.80 bits per heavy atom. The molecule has 49 heavy (non-hydrogen) atoms. The Morgan fingerprint density at radius 1 is 0.673 bits per heavy atom. The van der Waals surface area contributed by atoms with Crippen molar-refractivity contribution >= 4 is 23.9 Å². The summed E-state index contributed by atoms with van der Waals surface area (Å²) in [6, 6.07) is 14.7. The summed E-state index contributed by atoms with van der Waals surface area (Å²) in [4.78, 5) is 44.4. The molecule has 0 aromatic heterocycles. The number of carbonyl (C=O) groups is 3. The summed E-state index contributed by atoms with van der Waals surface area (Å²) in [5.74, 6) is -0.727. The van der Waals surface area contributed by atoms with Gasteiger partial charge in [-0.3, -0.25) is 19.4 Å². The van der Waals surface area contributed by atoms with Crippen molar-refractivity contribution in [1.29, 1.82) is 0 Å². The predicted octanol–water partition coefficient (Wildman–Crippen LogP) is 8.20. The van der Waals surface area contributed by atoms with Crippen molar-refractivity contribution in [2.45, 2.75) is 148 Å². The average Bonchev–Trinajstić information content (AvgIpc) is 3.11. The molecule has 2 rings (SSSR count). The number of benzene rings is 2. The van der Waals surface area contributed by atoms with Gasteiger partial charge >= 0.3 is 0 Å². The molecule has 0 aliphatic carbocycles. The van der Waals surface area contributed by atoms with Crippen molar-refractivity contribution in [2.24, 2.45) is 4.99 Å². The van der Waals surface area contributed by atoms with Gasteiger partial charge in [0.15, 0.2) is 0 Å². The van der Waals surface area contributed by atoms with Crippen molar-refractivity contribution < 1.29 is 19.5 Å². The van der Waals surface area contributed by atoms with E-state index in [9.17, 15) is 19.5 Å². The second-order valence-electron chi connectivity index (χ2n) is 13.2. The van der Waals surface area contributed by atoms with E-state index < -0.39 is 18.0 Å². The number of carbonyl (C=O) groups excluding carboxylic acids is 3. The summed E-state index contributed by atoms with van der Waals surface area (Å²) in [5, 5.41) is 19.2. The summed E-state index contributed by atoms with van der Waals surface area (Å²) in [6.45, 7) is 5.59. The first kappa shape index (κ1) is 41.5. The SMILES string of the molecule is CCCCCCCCCCNC(=O)CC[C@H](NC(=O)[C@H](Cc1ccccc1)N=Cc1ccccc1O)C(=O)NCCCCCCCCCC. The van der Waals surface area contributed by atoms with Crippen LogP contribution < -0.4 is 16.0 Å². The number of nitrogens with zero attached hydrogens (tertiary/aromatic N) is 1. The molecule has 0 radical (unpaired) electrons. The normalized spacial score (nSPS) is 12.4. The number of nitrogens with one attached hydrogen (secondary N) is 3. The summed E-state index contributed by atoms with van der Waals surface area (Å²) >= 11 is 0. The fourth-order valence-electron chi connectivity index (χ4n) is 5.80. The van der Waals surface area contributed by atoms with E-state index in [1.165, 1.54) is 76.8 Å². The van der Waals surface area contributed by atoms with E-state index in [2.05, 4.69) is 34.8 Å². The number of unbranched alkanes of at least 4 members (excludes halogenated alkanes) is 14. The van der Waals surface area contributed by atoms with Gasteiger partial charge < -0.3 is 21.1 Å². The molecule has 8 heteroatoms. The fraction of sp³-hybridized carbons (Fsp3) is 0.610. The largest absolute Gasteiger partial charge is 0.507 e.